The van der Waals surface area contributed by atoms with Gasteiger partial charge in [0, 0.05) is 18.0 Å². The first kappa shape index (κ1) is 12.9. The van der Waals surface area contributed by atoms with E-state index in [0.29, 0.717) is 12.0 Å². The molecule has 1 aromatic heterocycles. The number of nitrogens with zero attached hydrogens (tertiary/aromatic N) is 1. The minimum absolute atomic E-state index is 0.0789. The summed E-state index contributed by atoms with van der Waals surface area (Å²) in [7, 11) is 0. The lowest BCUT2D eigenvalue weighted by Gasteiger charge is -2.10. The van der Waals surface area contributed by atoms with Gasteiger partial charge in [-0.15, -0.1) is 11.3 Å². The molecule has 3 nitrogen and oxygen atoms in total. The third-order valence-electron chi connectivity index (χ3n) is 2.34. The fraction of sp³-hybridized carbons (Fsp3) is 0.250. The van der Waals surface area contributed by atoms with E-state index >= 15 is 0 Å². The van der Waals surface area contributed by atoms with Gasteiger partial charge in [0.2, 0.25) is 0 Å². The summed E-state index contributed by atoms with van der Waals surface area (Å²) in [5.74, 6) is 0.0789. The monoisotopic (exact) mass is 271 g/mol. The Balaban J connectivity index is 2.00. The topological polar surface area (TPSA) is 42.4 Å². The van der Waals surface area contributed by atoms with E-state index in [9.17, 15) is 13.9 Å². The molecule has 0 aliphatic rings. The van der Waals surface area contributed by atoms with Crippen LogP contribution in [0.3, 0.4) is 0 Å². The third kappa shape index (κ3) is 3.48. The zero-order valence-electron chi connectivity index (χ0n) is 9.29. The van der Waals surface area contributed by atoms with Gasteiger partial charge in [0.15, 0.2) is 0 Å². The summed E-state index contributed by atoms with van der Waals surface area (Å²) in [6.07, 6.45) is 1.38. The number of aliphatic hydroxyl groups excluding tert-OH is 1. The van der Waals surface area contributed by atoms with E-state index in [1.54, 1.807) is 18.3 Å². The molecule has 2 aromatic rings. The van der Waals surface area contributed by atoms with Gasteiger partial charge in [-0.2, -0.15) is 8.78 Å². The maximum absolute atomic E-state index is 12.0. The quantitative estimate of drug-likeness (QED) is 0.909. The lowest BCUT2D eigenvalue weighted by molar-refractivity contribution is -0.0498. The number of hydrogen-bond donors (Lipinski definition) is 1. The predicted molar refractivity (Wildman–Crippen MR) is 63.9 cm³/mol. The molecule has 1 unspecified atom stereocenters. The minimum Gasteiger partial charge on any atom is -0.435 e. The first-order valence-electron chi connectivity index (χ1n) is 5.26. The second-order valence-electron chi connectivity index (χ2n) is 3.59. The first-order chi connectivity index (χ1) is 8.65. The Morgan fingerprint density at radius 3 is 2.56 bits per heavy atom. The standard InChI is InChI=1S/C12H11F2NO2S/c13-12(14)17-9-3-1-8(2-4-9)10(16)7-11-15-5-6-18-11/h1-6,10,12,16H,7H2. The molecule has 0 amide bonds. The Morgan fingerprint density at radius 1 is 1.28 bits per heavy atom. The van der Waals surface area contributed by atoms with Crippen LogP contribution in [0, 0.1) is 0 Å². The number of aliphatic hydroxyl groups is 1. The van der Waals surface area contributed by atoms with Crippen LogP contribution in [0.2, 0.25) is 0 Å². The molecule has 1 heterocycles. The van der Waals surface area contributed by atoms with E-state index in [0.717, 1.165) is 5.01 Å². The molecule has 0 radical (unpaired) electrons. The molecule has 6 heteroatoms. The molecule has 18 heavy (non-hydrogen) atoms. The zero-order chi connectivity index (χ0) is 13.0. The smallest absolute Gasteiger partial charge is 0.387 e. The van der Waals surface area contributed by atoms with Gasteiger partial charge in [-0.1, -0.05) is 12.1 Å². The van der Waals surface area contributed by atoms with Gasteiger partial charge in [0.25, 0.3) is 0 Å². The van der Waals surface area contributed by atoms with Crippen LogP contribution in [-0.4, -0.2) is 16.7 Å². The van der Waals surface area contributed by atoms with Gasteiger partial charge in [-0.05, 0) is 17.7 Å². The number of ether oxygens (including phenoxy) is 1. The summed E-state index contributed by atoms with van der Waals surface area (Å²) in [6, 6.07) is 5.95. The van der Waals surface area contributed by atoms with E-state index in [2.05, 4.69) is 9.72 Å². The highest BCUT2D eigenvalue weighted by molar-refractivity contribution is 7.09. The predicted octanol–water partition coefficient (Wildman–Crippen LogP) is 3.02. The van der Waals surface area contributed by atoms with Crippen LogP contribution in [0.4, 0.5) is 8.78 Å². The van der Waals surface area contributed by atoms with Crippen molar-refractivity contribution in [3.8, 4) is 5.75 Å². The summed E-state index contributed by atoms with van der Waals surface area (Å²) in [5.41, 5.74) is 0.645. The number of alkyl halides is 2. The molecular formula is C12H11F2NO2S. The van der Waals surface area contributed by atoms with Crippen LogP contribution in [0.15, 0.2) is 35.8 Å². The highest BCUT2D eigenvalue weighted by Gasteiger charge is 2.11. The molecule has 0 bridgehead atoms. The highest BCUT2D eigenvalue weighted by atomic mass is 32.1. The normalized spacial score (nSPS) is 12.7. The van der Waals surface area contributed by atoms with Crippen molar-refractivity contribution in [3.05, 3.63) is 46.4 Å². The molecule has 1 atom stereocenters. The van der Waals surface area contributed by atoms with Gasteiger partial charge in [-0.3, -0.25) is 0 Å². The highest BCUT2D eigenvalue weighted by Crippen LogP contribution is 2.22. The zero-order valence-corrected chi connectivity index (χ0v) is 10.1. The van der Waals surface area contributed by atoms with Crippen molar-refractivity contribution in [2.75, 3.05) is 0 Å². The molecule has 0 aliphatic heterocycles. The van der Waals surface area contributed by atoms with Crippen molar-refractivity contribution < 1.29 is 18.6 Å². The van der Waals surface area contributed by atoms with Gasteiger partial charge in [0.05, 0.1) is 11.1 Å². The van der Waals surface area contributed by atoms with E-state index in [1.807, 2.05) is 5.38 Å². The molecule has 1 aromatic carbocycles. The number of halogens is 2. The van der Waals surface area contributed by atoms with Crippen molar-refractivity contribution in [3.63, 3.8) is 0 Å². The summed E-state index contributed by atoms with van der Waals surface area (Å²) in [4.78, 5) is 4.07. The lowest BCUT2D eigenvalue weighted by Crippen LogP contribution is -2.04. The van der Waals surface area contributed by atoms with Gasteiger partial charge < -0.3 is 9.84 Å². The minimum atomic E-state index is -2.84. The molecule has 0 aliphatic carbocycles. The van der Waals surface area contributed by atoms with Crippen LogP contribution < -0.4 is 4.74 Å². The lowest BCUT2D eigenvalue weighted by atomic mass is 10.1. The maximum atomic E-state index is 12.0. The van der Waals surface area contributed by atoms with E-state index < -0.39 is 12.7 Å². The number of rotatable bonds is 5. The van der Waals surface area contributed by atoms with E-state index in [1.165, 1.54) is 23.5 Å². The number of aromatic nitrogens is 1. The third-order valence-corrected chi connectivity index (χ3v) is 3.14. The SMILES string of the molecule is OC(Cc1nccs1)c1ccc(OC(F)F)cc1. The summed E-state index contributed by atoms with van der Waals surface area (Å²) in [5, 5.41) is 12.6. The first-order valence-corrected chi connectivity index (χ1v) is 6.14. The summed E-state index contributed by atoms with van der Waals surface area (Å²) in [6.45, 7) is -2.84. The Labute approximate surface area is 107 Å². The number of hydrogen-bond acceptors (Lipinski definition) is 4. The van der Waals surface area contributed by atoms with Crippen LogP contribution in [0.5, 0.6) is 5.75 Å². The van der Waals surface area contributed by atoms with E-state index in [-0.39, 0.29) is 5.75 Å². The molecule has 0 fully saturated rings. The van der Waals surface area contributed by atoms with Gasteiger partial charge >= 0.3 is 6.61 Å². The van der Waals surface area contributed by atoms with Crippen LogP contribution in [-0.2, 0) is 6.42 Å². The fourth-order valence-corrected chi connectivity index (χ4v) is 2.16. The van der Waals surface area contributed by atoms with Crippen molar-refractivity contribution >= 4 is 11.3 Å². The average Bonchev–Trinajstić information content (AvgIpc) is 2.82. The summed E-state index contributed by atoms with van der Waals surface area (Å²) >= 11 is 1.46. The molecule has 0 saturated carbocycles. The van der Waals surface area contributed by atoms with Crippen LogP contribution in [0.1, 0.15) is 16.7 Å². The molecule has 0 spiro atoms. The van der Waals surface area contributed by atoms with E-state index in [4.69, 9.17) is 0 Å². The number of thiazole rings is 1. The molecule has 1 N–H and O–H groups in total. The molecule has 2 rings (SSSR count). The second kappa shape index (κ2) is 5.88. The van der Waals surface area contributed by atoms with Crippen LogP contribution in [0.25, 0.3) is 0 Å². The van der Waals surface area contributed by atoms with Gasteiger partial charge in [0.1, 0.15) is 5.75 Å². The molecular weight excluding hydrogens is 260 g/mol. The molecule has 0 saturated heterocycles. The van der Waals surface area contributed by atoms with Gasteiger partial charge in [-0.25, -0.2) is 4.98 Å². The Kier molecular flexibility index (Phi) is 4.22. The molecule has 96 valence electrons. The second-order valence-corrected chi connectivity index (χ2v) is 4.57. The Morgan fingerprint density at radius 2 is 2.00 bits per heavy atom. The van der Waals surface area contributed by atoms with Crippen molar-refractivity contribution in [2.24, 2.45) is 0 Å². The maximum Gasteiger partial charge on any atom is 0.387 e. The van der Waals surface area contributed by atoms with Crippen LogP contribution >= 0.6 is 11.3 Å². The van der Waals surface area contributed by atoms with Crippen molar-refractivity contribution in [2.45, 2.75) is 19.1 Å². The Hall–Kier alpha value is -1.53. The summed E-state index contributed by atoms with van der Waals surface area (Å²) < 4.78 is 28.1. The Bertz CT molecular complexity index is 473. The van der Waals surface area contributed by atoms with Crippen molar-refractivity contribution in [1.82, 2.24) is 4.98 Å². The average molecular weight is 271 g/mol. The largest absolute Gasteiger partial charge is 0.435 e. The van der Waals surface area contributed by atoms with Crippen molar-refractivity contribution in [1.29, 1.82) is 0 Å². The fourth-order valence-electron chi connectivity index (χ4n) is 1.51. The number of benzene rings is 1.